The Morgan fingerprint density at radius 1 is 1.10 bits per heavy atom. The van der Waals surface area contributed by atoms with Gasteiger partial charge in [-0.1, -0.05) is 23.8 Å². The van der Waals surface area contributed by atoms with Gasteiger partial charge < -0.3 is 15.0 Å². The first-order chi connectivity index (χ1) is 14.6. The fourth-order valence-corrected chi connectivity index (χ4v) is 3.74. The Morgan fingerprint density at radius 3 is 2.57 bits per heavy atom. The van der Waals surface area contributed by atoms with E-state index < -0.39 is 0 Å². The SMILES string of the molecule is COc1ccc(NC(=O)C2CCN(c3ccnc(-c4cccc(C)c4)n3)CC2)cc1. The number of hydrogen-bond acceptors (Lipinski definition) is 5. The van der Waals surface area contributed by atoms with Crippen LogP contribution >= 0.6 is 0 Å². The number of carbonyl (C=O) groups is 1. The van der Waals surface area contributed by atoms with E-state index in [1.165, 1.54) is 5.56 Å². The Morgan fingerprint density at radius 2 is 1.87 bits per heavy atom. The van der Waals surface area contributed by atoms with Crippen LogP contribution in [0.3, 0.4) is 0 Å². The number of amides is 1. The number of piperidine rings is 1. The van der Waals surface area contributed by atoms with E-state index in [0.29, 0.717) is 0 Å². The van der Waals surface area contributed by atoms with Crippen LogP contribution in [0.15, 0.2) is 60.8 Å². The Labute approximate surface area is 176 Å². The molecule has 0 saturated carbocycles. The summed E-state index contributed by atoms with van der Waals surface area (Å²) in [5, 5.41) is 3.01. The Bertz CT molecular complexity index is 1010. The first-order valence-electron chi connectivity index (χ1n) is 10.2. The smallest absolute Gasteiger partial charge is 0.227 e. The summed E-state index contributed by atoms with van der Waals surface area (Å²) in [6, 6.07) is 17.6. The quantitative estimate of drug-likeness (QED) is 0.689. The monoisotopic (exact) mass is 402 g/mol. The van der Waals surface area contributed by atoms with E-state index in [2.05, 4.69) is 34.3 Å². The number of methoxy groups -OCH3 is 1. The molecule has 2 heterocycles. The van der Waals surface area contributed by atoms with Crippen molar-refractivity contribution in [3.63, 3.8) is 0 Å². The van der Waals surface area contributed by atoms with E-state index in [1.807, 2.05) is 48.7 Å². The Balaban J connectivity index is 1.37. The zero-order valence-electron chi connectivity index (χ0n) is 17.3. The lowest BCUT2D eigenvalue weighted by molar-refractivity contribution is -0.120. The van der Waals surface area contributed by atoms with E-state index in [-0.39, 0.29) is 11.8 Å². The van der Waals surface area contributed by atoms with Crippen molar-refractivity contribution in [2.24, 2.45) is 5.92 Å². The molecular weight excluding hydrogens is 376 g/mol. The van der Waals surface area contributed by atoms with Gasteiger partial charge in [0.2, 0.25) is 5.91 Å². The van der Waals surface area contributed by atoms with E-state index in [9.17, 15) is 4.79 Å². The molecule has 0 unspecified atom stereocenters. The predicted octanol–water partition coefficient (Wildman–Crippen LogP) is 4.32. The molecular formula is C24H26N4O2. The lowest BCUT2D eigenvalue weighted by Gasteiger charge is -2.32. The molecule has 154 valence electrons. The Hall–Kier alpha value is -3.41. The topological polar surface area (TPSA) is 67.3 Å². The van der Waals surface area contributed by atoms with Gasteiger partial charge in [0.1, 0.15) is 11.6 Å². The number of aromatic nitrogens is 2. The maximum absolute atomic E-state index is 12.6. The number of nitrogens with one attached hydrogen (secondary N) is 1. The maximum Gasteiger partial charge on any atom is 0.227 e. The first-order valence-corrected chi connectivity index (χ1v) is 10.2. The molecule has 1 aliphatic rings. The minimum Gasteiger partial charge on any atom is -0.497 e. The molecule has 3 aromatic rings. The van der Waals surface area contributed by atoms with Crippen LogP contribution in [-0.4, -0.2) is 36.1 Å². The largest absolute Gasteiger partial charge is 0.497 e. The molecule has 0 atom stereocenters. The molecule has 0 radical (unpaired) electrons. The van der Waals surface area contributed by atoms with Gasteiger partial charge in [-0.15, -0.1) is 0 Å². The molecule has 1 fully saturated rings. The van der Waals surface area contributed by atoms with E-state index in [1.54, 1.807) is 7.11 Å². The lowest BCUT2D eigenvalue weighted by Crippen LogP contribution is -2.38. The average molecular weight is 402 g/mol. The number of anilines is 2. The van der Waals surface area contributed by atoms with Crippen LogP contribution in [0.25, 0.3) is 11.4 Å². The third-order valence-corrected chi connectivity index (χ3v) is 5.46. The molecule has 0 bridgehead atoms. The molecule has 1 aromatic heterocycles. The summed E-state index contributed by atoms with van der Waals surface area (Å²) < 4.78 is 5.16. The highest BCUT2D eigenvalue weighted by Gasteiger charge is 2.26. The standard InChI is InChI=1S/C24H26N4O2/c1-17-4-3-5-19(16-17)23-25-13-10-22(27-23)28-14-11-18(12-15-28)24(29)26-20-6-8-21(30-2)9-7-20/h3-10,13,16,18H,11-12,14-15H2,1-2H3,(H,26,29). The molecule has 6 nitrogen and oxygen atoms in total. The lowest BCUT2D eigenvalue weighted by atomic mass is 9.96. The van der Waals surface area contributed by atoms with Crippen LogP contribution in [0, 0.1) is 12.8 Å². The summed E-state index contributed by atoms with van der Waals surface area (Å²) in [6.07, 6.45) is 3.40. The van der Waals surface area contributed by atoms with Crippen LogP contribution in [0.4, 0.5) is 11.5 Å². The average Bonchev–Trinajstić information content (AvgIpc) is 2.80. The molecule has 1 amide bonds. The summed E-state index contributed by atoms with van der Waals surface area (Å²) in [5.41, 5.74) is 3.00. The highest BCUT2D eigenvalue weighted by atomic mass is 16.5. The van der Waals surface area contributed by atoms with Gasteiger partial charge in [0.05, 0.1) is 7.11 Å². The number of nitrogens with zero attached hydrogens (tertiary/aromatic N) is 3. The van der Waals surface area contributed by atoms with Crippen molar-refractivity contribution in [2.45, 2.75) is 19.8 Å². The van der Waals surface area contributed by atoms with Gasteiger partial charge in [0.25, 0.3) is 0 Å². The van der Waals surface area contributed by atoms with Crippen LogP contribution in [0.5, 0.6) is 5.75 Å². The van der Waals surface area contributed by atoms with Crippen molar-refractivity contribution in [2.75, 3.05) is 30.4 Å². The number of carbonyl (C=O) groups excluding carboxylic acids is 1. The summed E-state index contributed by atoms with van der Waals surface area (Å²) in [4.78, 5) is 24.1. The van der Waals surface area contributed by atoms with E-state index >= 15 is 0 Å². The summed E-state index contributed by atoms with van der Waals surface area (Å²) in [7, 11) is 1.63. The van der Waals surface area contributed by atoms with Gasteiger partial charge in [0.15, 0.2) is 5.82 Å². The minimum atomic E-state index is 0.00133. The molecule has 0 spiro atoms. The zero-order chi connectivity index (χ0) is 20.9. The summed E-state index contributed by atoms with van der Waals surface area (Å²) >= 11 is 0. The molecule has 0 aliphatic carbocycles. The van der Waals surface area contributed by atoms with Gasteiger partial charge >= 0.3 is 0 Å². The van der Waals surface area contributed by atoms with E-state index in [4.69, 9.17) is 9.72 Å². The van der Waals surface area contributed by atoms with Crippen LogP contribution < -0.4 is 15.0 Å². The highest BCUT2D eigenvalue weighted by Crippen LogP contribution is 2.25. The van der Waals surface area contributed by atoms with Gasteiger partial charge in [0, 0.05) is 36.5 Å². The van der Waals surface area contributed by atoms with Crippen molar-refractivity contribution in [3.8, 4) is 17.1 Å². The second kappa shape index (κ2) is 8.95. The molecule has 6 heteroatoms. The van der Waals surface area contributed by atoms with Crippen molar-refractivity contribution in [3.05, 3.63) is 66.4 Å². The van der Waals surface area contributed by atoms with Crippen molar-refractivity contribution in [1.82, 2.24) is 9.97 Å². The number of rotatable bonds is 5. The summed E-state index contributed by atoms with van der Waals surface area (Å²) in [6.45, 7) is 3.66. The van der Waals surface area contributed by atoms with Crippen molar-refractivity contribution < 1.29 is 9.53 Å². The Kier molecular flexibility index (Phi) is 5.93. The number of hydrogen-bond donors (Lipinski definition) is 1. The van der Waals surface area contributed by atoms with E-state index in [0.717, 1.165) is 54.6 Å². The van der Waals surface area contributed by atoms with Crippen LogP contribution in [0.1, 0.15) is 18.4 Å². The molecule has 1 aliphatic heterocycles. The molecule has 1 saturated heterocycles. The first kappa shape index (κ1) is 19.9. The predicted molar refractivity (Wildman–Crippen MR) is 119 cm³/mol. The third-order valence-electron chi connectivity index (χ3n) is 5.46. The number of ether oxygens (including phenoxy) is 1. The van der Waals surface area contributed by atoms with Crippen molar-refractivity contribution in [1.29, 1.82) is 0 Å². The molecule has 1 N–H and O–H groups in total. The normalized spacial score (nSPS) is 14.4. The van der Waals surface area contributed by atoms with Gasteiger partial charge in [-0.2, -0.15) is 0 Å². The second-order valence-corrected chi connectivity index (χ2v) is 7.59. The third kappa shape index (κ3) is 4.59. The maximum atomic E-state index is 12.6. The minimum absolute atomic E-state index is 0.00133. The zero-order valence-corrected chi connectivity index (χ0v) is 17.3. The fourth-order valence-electron chi connectivity index (χ4n) is 3.74. The van der Waals surface area contributed by atoms with Gasteiger partial charge in [-0.05, 0) is 56.2 Å². The second-order valence-electron chi connectivity index (χ2n) is 7.59. The molecule has 4 rings (SSSR count). The van der Waals surface area contributed by atoms with Gasteiger partial charge in [-0.3, -0.25) is 4.79 Å². The molecule has 30 heavy (non-hydrogen) atoms. The van der Waals surface area contributed by atoms with Crippen molar-refractivity contribution >= 4 is 17.4 Å². The number of benzene rings is 2. The van der Waals surface area contributed by atoms with Crippen LogP contribution in [-0.2, 0) is 4.79 Å². The van der Waals surface area contributed by atoms with Crippen LogP contribution in [0.2, 0.25) is 0 Å². The van der Waals surface area contributed by atoms with Gasteiger partial charge in [-0.25, -0.2) is 9.97 Å². The fraction of sp³-hybridized carbons (Fsp3) is 0.292. The molecule has 2 aromatic carbocycles. The number of aryl methyl sites for hydroxylation is 1. The highest BCUT2D eigenvalue weighted by molar-refractivity contribution is 5.92. The summed E-state index contributed by atoms with van der Waals surface area (Å²) in [5.74, 6) is 2.49.